The van der Waals surface area contributed by atoms with Gasteiger partial charge in [0.15, 0.2) is 5.82 Å². The van der Waals surface area contributed by atoms with Crippen molar-refractivity contribution in [3.05, 3.63) is 158 Å². The first-order chi connectivity index (χ1) is 22.3. The lowest BCUT2D eigenvalue weighted by Crippen LogP contribution is -1.96. The summed E-state index contributed by atoms with van der Waals surface area (Å²) < 4.78 is 2.51. The van der Waals surface area contributed by atoms with Gasteiger partial charge >= 0.3 is 0 Å². The highest BCUT2D eigenvalue weighted by molar-refractivity contribution is 7.26. The summed E-state index contributed by atoms with van der Waals surface area (Å²) in [5.74, 6) is 0.723. The van der Waals surface area contributed by atoms with Crippen molar-refractivity contribution in [3.63, 3.8) is 0 Å². The van der Waals surface area contributed by atoms with Gasteiger partial charge in [0, 0.05) is 36.9 Å². The zero-order valence-corrected chi connectivity index (χ0v) is 25.1. The number of nitrogens with zero attached hydrogens (tertiary/aromatic N) is 2. The molecule has 2 heterocycles. The van der Waals surface area contributed by atoms with Gasteiger partial charge in [-0.1, -0.05) is 121 Å². The van der Waals surface area contributed by atoms with Gasteiger partial charge in [-0.2, -0.15) is 0 Å². The van der Waals surface area contributed by atoms with Gasteiger partial charge in [0.25, 0.3) is 0 Å². The minimum absolute atomic E-state index is 0.723. The molecule has 9 aromatic rings. The lowest BCUT2D eigenvalue weighted by molar-refractivity contribution is 1.19. The molecular weight excluding hydrogens is 565 g/mol. The summed E-state index contributed by atoms with van der Waals surface area (Å²) in [6, 6.07) is 56.2. The van der Waals surface area contributed by atoms with Crippen LogP contribution in [0.5, 0.6) is 0 Å². The average molecular weight is 591 g/mol. The first kappa shape index (κ1) is 25.8. The number of hydrogen-bond acceptors (Lipinski definition) is 3. The molecule has 0 fully saturated rings. The van der Waals surface area contributed by atoms with E-state index in [0.717, 1.165) is 33.9 Å². The van der Waals surface area contributed by atoms with Gasteiger partial charge in [0.1, 0.15) is 0 Å². The Labute approximate surface area is 264 Å². The lowest BCUT2D eigenvalue weighted by Gasteiger charge is -2.13. The summed E-state index contributed by atoms with van der Waals surface area (Å²) >= 11 is 1.83. The predicted molar refractivity (Wildman–Crippen MR) is 192 cm³/mol. The van der Waals surface area contributed by atoms with Crippen molar-refractivity contribution in [2.45, 2.75) is 0 Å². The minimum Gasteiger partial charge on any atom is -0.228 e. The van der Waals surface area contributed by atoms with Crippen molar-refractivity contribution < 1.29 is 0 Å². The Balaban J connectivity index is 1.31. The maximum absolute atomic E-state index is 5.25. The van der Waals surface area contributed by atoms with E-state index < -0.39 is 0 Å². The highest BCUT2D eigenvalue weighted by Crippen LogP contribution is 2.43. The summed E-state index contributed by atoms with van der Waals surface area (Å²) in [6.45, 7) is 0. The van der Waals surface area contributed by atoms with Crippen LogP contribution in [0.4, 0.5) is 0 Å². The van der Waals surface area contributed by atoms with Crippen LogP contribution in [0.25, 0.3) is 86.7 Å². The van der Waals surface area contributed by atoms with Gasteiger partial charge in [-0.05, 0) is 69.1 Å². The molecule has 0 unspecified atom stereocenters. The van der Waals surface area contributed by atoms with Crippen LogP contribution in [0.15, 0.2) is 158 Å². The van der Waals surface area contributed by atoms with Crippen LogP contribution in [0.1, 0.15) is 0 Å². The molecule has 45 heavy (non-hydrogen) atoms. The van der Waals surface area contributed by atoms with Crippen molar-refractivity contribution in [2.75, 3.05) is 0 Å². The quantitative estimate of drug-likeness (QED) is 0.204. The maximum atomic E-state index is 5.25. The molecule has 2 nitrogen and oxygen atoms in total. The first-order valence-electron chi connectivity index (χ1n) is 15.2. The molecule has 0 saturated heterocycles. The Bertz CT molecular complexity index is 2550. The van der Waals surface area contributed by atoms with E-state index in [9.17, 15) is 0 Å². The molecule has 0 aliphatic rings. The first-order valence-corrected chi connectivity index (χ1v) is 16.0. The van der Waals surface area contributed by atoms with Crippen LogP contribution in [0, 0.1) is 0 Å². The van der Waals surface area contributed by atoms with Gasteiger partial charge in [-0.15, -0.1) is 11.3 Å². The molecule has 0 N–H and O–H groups in total. The van der Waals surface area contributed by atoms with E-state index in [4.69, 9.17) is 9.97 Å². The molecule has 0 bridgehead atoms. The van der Waals surface area contributed by atoms with E-state index >= 15 is 0 Å². The predicted octanol–water partition coefficient (Wildman–Crippen LogP) is 11.8. The monoisotopic (exact) mass is 590 g/mol. The third kappa shape index (κ3) is 4.57. The fourth-order valence-corrected chi connectivity index (χ4v) is 7.57. The third-order valence-electron chi connectivity index (χ3n) is 8.64. The normalized spacial score (nSPS) is 11.6. The SMILES string of the molecule is c1ccc(-c2cc(-c3ccc4ccccc4c3)nc(-c3cc(-c4ccc5ccccc5c4)c4c(c3)sc3ccccc34)n2)cc1. The maximum Gasteiger partial charge on any atom is 0.160 e. The highest BCUT2D eigenvalue weighted by atomic mass is 32.1. The Morgan fingerprint density at radius 1 is 0.378 bits per heavy atom. The summed E-state index contributed by atoms with van der Waals surface area (Å²) in [6.07, 6.45) is 0. The molecule has 3 heteroatoms. The average Bonchev–Trinajstić information content (AvgIpc) is 3.50. The minimum atomic E-state index is 0.723. The Kier molecular flexibility index (Phi) is 6.03. The van der Waals surface area contributed by atoms with Crippen molar-refractivity contribution in [3.8, 4) is 45.0 Å². The number of aromatic nitrogens is 2. The second-order valence-electron chi connectivity index (χ2n) is 11.4. The van der Waals surface area contributed by atoms with Crippen LogP contribution in [-0.4, -0.2) is 9.97 Å². The third-order valence-corrected chi connectivity index (χ3v) is 9.76. The second-order valence-corrected chi connectivity index (χ2v) is 12.5. The van der Waals surface area contributed by atoms with Crippen molar-refractivity contribution in [2.24, 2.45) is 0 Å². The summed E-state index contributed by atoms with van der Waals surface area (Å²) in [4.78, 5) is 10.4. The van der Waals surface area contributed by atoms with E-state index in [1.165, 1.54) is 52.8 Å². The molecule has 0 saturated carbocycles. The molecule has 210 valence electrons. The summed E-state index contributed by atoms with van der Waals surface area (Å²) in [5.41, 5.74) is 7.37. The number of rotatable bonds is 4. The van der Waals surface area contributed by atoms with E-state index in [1.807, 2.05) is 17.4 Å². The Morgan fingerprint density at radius 3 is 1.73 bits per heavy atom. The molecule has 0 atom stereocenters. The molecule has 9 rings (SSSR count). The number of fused-ring (bicyclic) bond motifs is 5. The summed E-state index contributed by atoms with van der Waals surface area (Å²) in [7, 11) is 0. The Morgan fingerprint density at radius 2 is 0.978 bits per heavy atom. The lowest BCUT2D eigenvalue weighted by atomic mass is 9.95. The van der Waals surface area contributed by atoms with Crippen LogP contribution in [0.2, 0.25) is 0 Å². The van der Waals surface area contributed by atoms with Gasteiger partial charge in [0.2, 0.25) is 0 Å². The molecule has 2 aromatic heterocycles. The topological polar surface area (TPSA) is 25.8 Å². The van der Waals surface area contributed by atoms with Gasteiger partial charge in [-0.25, -0.2) is 9.97 Å². The van der Waals surface area contributed by atoms with E-state index in [2.05, 4.69) is 152 Å². The van der Waals surface area contributed by atoms with Crippen molar-refractivity contribution >= 4 is 53.1 Å². The van der Waals surface area contributed by atoms with Gasteiger partial charge in [-0.3, -0.25) is 0 Å². The molecule has 0 radical (unpaired) electrons. The van der Waals surface area contributed by atoms with E-state index in [-0.39, 0.29) is 0 Å². The number of hydrogen-bond donors (Lipinski definition) is 0. The number of benzene rings is 7. The highest BCUT2D eigenvalue weighted by Gasteiger charge is 2.17. The molecular formula is C42H26N2S. The second kappa shape index (κ2) is 10.5. The fraction of sp³-hybridized carbons (Fsp3) is 0. The Hall–Kier alpha value is -5.64. The standard InChI is InChI=1S/C42H26N2S/c1-2-12-29(13-3-1)37-26-38(33-21-19-28-11-5-7-15-31(28)23-33)44-42(43-37)34-24-36(32-20-18-27-10-4-6-14-30(27)22-32)41-35-16-8-9-17-39(35)45-40(41)25-34/h1-26H. The van der Waals surface area contributed by atoms with Crippen LogP contribution < -0.4 is 0 Å². The zero-order chi connectivity index (χ0) is 29.7. The van der Waals surface area contributed by atoms with Crippen molar-refractivity contribution in [1.29, 1.82) is 0 Å². The molecule has 0 amide bonds. The van der Waals surface area contributed by atoms with Crippen LogP contribution in [-0.2, 0) is 0 Å². The molecule has 0 aliphatic heterocycles. The zero-order valence-electron chi connectivity index (χ0n) is 24.3. The molecule has 0 aliphatic carbocycles. The van der Waals surface area contributed by atoms with Gasteiger partial charge < -0.3 is 0 Å². The van der Waals surface area contributed by atoms with E-state index in [1.54, 1.807) is 0 Å². The van der Waals surface area contributed by atoms with Crippen molar-refractivity contribution in [1.82, 2.24) is 9.97 Å². The van der Waals surface area contributed by atoms with E-state index in [0.29, 0.717) is 0 Å². The largest absolute Gasteiger partial charge is 0.228 e. The summed E-state index contributed by atoms with van der Waals surface area (Å²) in [5, 5.41) is 7.44. The molecule has 7 aromatic carbocycles. The number of thiophene rings is 1. The van der Waals surface area contributed by atoms with Crippen LogP contribution >= 0.6 is 11.3 Å². The smallest absolute Gasteiger partial charge is 0.160 e. The van der Waals surface area contributed by atoms with Crippen LogP contribution in [0.3, 0.4) is 0 Å². The van der Waals surface area contributed by atoms with Gasteiger partial charge in [0.05, 0.1) is 11.4 Å². The fourth-order valence-electron chi connectivity index (χ4n) is 6.40. The molecule has 0 spiro atoms.